The molecule has 5 rings (SSSR count). The third-order valence-corrected chi connectivity index (χ3v) is 4.61. The fourth-order valence-electron chi connectivity index (χ4n) is 3.03. The minimum Gasteiger partial charge on any atom is -0.459 e. The average Bonchev–Trinajstić information content (AvgIpc) is 3.52. The molecule has 2 amide bonds. The number of hydrogen-bond acceptors (Lipinski definition) is 6. The summed E-state index contributed by atoms with van der Waals surface area (Å²) in [5.41, 5.74) is 1.55. The second-order valence-corrected chi connectivity index (χ2v) is 6.59. The zero-order chi connectivity index (χ0) is 20.7. The highest BCUT2D eigenvalue weighted by atomic mass is 32.1. The van der Waals surface area contributed by atoms with Gasteiger partial charge in [0, 0.05) is 5.10 Å². The van der Waals surface area contributed by atoms with E-state index in [0.717, 1.165) is 11.0 Å². The standard InChI is InChI=1S/C19H12N6O4S/c26-15(13-7-3-9-28-13)21-17-23-25(19(30)22-16(27)14-8-4-10-29-14)18-20-11-5-1-2-6-12(11)24(17)18/h1-10H,(H2,21,22,23,26,27,30)/p+1. The molecule has 0 atom stereocenters. The van der Waals surface area contributed by atoms with Crippen LogP contribution in [-0.2, 0) is 0 Å². The van der Waals surface area contributed by atoms with Crippen molar-refractivity contribution in [2.24, 2.45) is 0 Å². The summed E-state index contributed by atoms with van der Waals surface area (Å²) in [5.74, 6) is -0.122. The van der Waals surface area contributed by atoms with Crippen LogP contribution in [0.15, 0.2) is 69.9 Å². The highest BCUT2D eigenvalue weighted by Crippen LogP contribution is 2.14. The zero-order valence-electron chi connectivity index (χ0n) is 15.2. The fourth-order valence-corrected chi connectivity index (χ4v) is 3.25. The highest BCUT2D eigenvalue weighted by Gasteiger charge is 2.28. The number of imidazole rings is 1. The molecule has 3 N–H and O–H groups in total. The van der Waals surface area contributed by atoms with Gasteiger partial charge in [0.25, 0.3) is 11.0 Å². The molecule has 0 aliphatic carbocycles. The number of para-hydroxylation sites is 2. The normalized spacial score (nSPS) is 11.1. The van der Waals surface area contributed by atoms with Crippen LogP contribution in [0, 0.1) is 0 Å². The van der Waals surface area contributed by atoms with Crippen LogP contribution in [0.5, 0.6) is 0 Å². The van der Waals surface area contributed by atoms with E-state index >= 15 is 0 Å². The van der Waals surface area contributed by atoms with Gasteiger partial charge in [-0.3, -0.25) is 19.9 Å². The summed E-state index contributed by atoms with van der Waals surface area (Å²) in [6.45, 7) is 0. The topological polar surface area (TPSA) is 122 Å². The van der Waals surface area contributed by atoms with Crippen LogP contribution in [0.4, 0.5) is 5.95 Å². The van der Waals surface area contributed by atoms with E-state index in [1.54, 1.807) is 16.5 Å². The summed E-state index contributed by atoms with van der Waals surface area (Å²) in [5, 5.41) is 9.64. The second kappa shape index (κ2) is 6.97. The zero-order valence-corrected chi connectivity index (χ0v) is 16.0. The maximum Gasteiger partial charge on any atom is 0.361 e. The summed E-state index contributed by atoms with van der Waals surface area (Å²) in [6, 6.07) is 13.7. The number of hydrogen-bond donors (Lipinski definition) is 3. The van der Waals surface area contributed by atoms with Crippen LogP contribution in [-0.4, -0.2) is 31.7 Å². The third kappa shape index (κ3) is 2.93. The Balaban J connectivity index is 1.57. The molecule has 0 saturated heterocycles. The summed E-state index contributed by atoms with van der Waals surface area (Å²) >= 11 is 5.37. The molecule has 5 aromatic rings. The van der Waals surface area contributed by atoms with Crippen LogP contribution in [0.1, 0.15) is 21.1 Å². The molecule has 4 aromatic heterocycles. The summed E-state index contributed by atoms with van der Waals surface area (Å²) in [7, 11) is 0. The lowest BCUT2D eigenvalue weighted by Crippen LogP contribution is -2.35. The van der Waals surface area contributed by atoms with Gasteiger partial charge in [-0.05, 0) is 48.6 Å². The molecule has 0 unspecified atom stereocenters. The first-order chi connectivity index (χ1) is 14.6. The lowest BCUT2D eigenvalue weighted by Gasteiger charge is -2.00. The van der Waals surface area contributed by atoms with E-state index in [9.17, 15) is 9.59 Å². The van der Waals surface area contributed by atoms with Crippen LogP contribution in [0.3, 0.4) is 0 Å². The summed E-state index contributed by atoms with van der Waals surface area (Å²) in [6.07, 6.45) is 2.79. The van der Waals surface area contributed by atoms with Crippen molar-refractivity contribution in [2.45, 2.75) is 0 Å². The first-order valence-corrected chi connectivity index (χ1v) is 9.18. The Morgan fingerprint density at radius 1 is 1.00 bits per heavy atom. The lowest BCUT2D eigenvalue weighted by molar-refractivity contribution is -0.464. The Morgan fingerprint density at radius 3 is 2.40 bits per heavy atom. The Morgan fingerprint density at radius 2 is 1.70 bits per heavy atom. The molecule has 0 aliphatic heterocycles. The number of aromatic amines is 1. The minimum absolute atomic E-state index is 0.000969. The molecule has 0 fully saturated rings. The van der Waals surface area contributed by atoms with E-state index < -0.39 is 11.8 Å². The number of carbonyl (C=O) groups excluding carboxylic acids is 2. The van der Waals surface area contributed by atoms with E-state index in [4.69, 9.17) is 21.1 Å². The van der Waals surface area contributed by atoms with Gasteiger partial charge in [-0.1, -0.05) is 16.8 Å². The van der Waals surface area contributed by atoms with Gasteiger partial charge >= 0.3 is 17.6 Å². The fraction of sp³-hybridized carbons (Fsp3) is 0. The third-order valence-electron chi connectivity index (χ3n) is 4.34. The van der Waals surface area contributed by atoms with E-state index in [2.05, 4.69) is 20.7 Å². The summed E-state index contributed by atoms with van der Waals surface area (Å²) < 4.78 is 13.2. The quantitative estimate of drug-likeness (QED) is 0.303. The van der Waals surface area contributed by atoms with Crippen LogP contribution in [0.2, 0.25) is 0 Å². The van der Waals surface area contributed by atoms with Gasteiger partial charge in [0.05, 0.1) is 12.5 Å². The predicted octanol–water partition coefficient (Wildman–Crippen LogP) is 2.10. The number of anilines is 1. The molecule has 0 bridgehead atoms. The number of fused-ring (bicyclic) bond motifs is 3. The van der Waals surface area contributed by atoms with Crippen molar-refractivity contribution in [3.63, 3.8) is 0 Å². The number of rotatable bonds is 3. The number of aromatic nitrogens is 4. The van der Waals surface area contributed by atoms with Gasteiger partial charge in [0.2, 0.25) is 5.76 Å². The smallest absolute Gasteiger partial charge is 0.361 e. The highest BCUT2D eigenvalue weighted by molar-refractivity contribution is 7.80. The number of thiocarbonyl (C=S) groups is 1. The number of amides is 2. The molecule has 0 radical (unpaired) electrons. The van der Waals surface area contributed by atoms with Crippen molar-refractivity contribution in [1.29, 1.82) is 0 Å². The molecule has 1 aromatic carbocycles. The Bertz CT molecular complexity index is 1400. The number of furan rings is 2. The maximum atomic E-state index is 12.5. The number of benzene rings is 1. The number of nitrogens with one attached hydrogen (secondary N) is 3. The number of nitrogens with zero attached hydrogens (tertiary/aromatic N) is 3. The van der Waals surface area contributed by atoms with E-state index in [1.807, 2.05) is 24.3 Å². The average molecular weight is 421 g/mol. The SMILES string of the molecule is O=C(NC(=S)n1nc(NC(=O)c2ccco2)[n+]2c3ccccc3[nH]c12)c1ccco1. The maximum absolute atomic E-state index is 12.5. The molecular formula is C19H13N6O4S+. The predicted molar refractivity (Wildman–Crippen MR) is 108 cm³/mol. The van der Waals surface area contributed by atoms with Crippen molar-refractivity contribution in [1.82, 2.24) is 20.1 Å². The molecule has 30 heavy (non-hydrogen) atoms. The van der Waals surface area contributed by atoms with E-state index in [-0.39, 0.29) is 22.6 Å². The van der Waals surface area contributed by atoms with E-state index in [0.29, 0.717) is 5.78 Å². The number of H-pyrrole nitrogens is 1. The Labute approximate surface area is 173 Å². The van der Waals surface area contributed by atoms with Crippen molar-refractivity contribution in [2.75, 3.05) is 5.32 Å². The van der Waals surface area contributed by atoms with Crippen LogP contribution in [0.25, 0.3) is 16.8 Å². The molecule has 148 valence electrons. The van der Waals surface area contributed by atoms with Crippen molar-refractivity contribution in [3.8, 4) is 0 Å². The van der Waals surface area contributed by atoms with Crippen molar-refractivity contribution in [3.05, 3.63) is 72.6 Å². The first kappa shape index (κ1) is 17.8. The van der Waals surface area contributed by atoms with Crippen molar-refractivity contribution < 1.29 is 22.8 Å². The molecule has 11 heteroatoms. The van der Waals surface area contributed by atoms with Crippen LogP contribution < -0.4 is 15.0 Å². The Kier molecular flexibility index (Phi) is 4.14. The van der Waals surface area contributed by atoms with Gasteiger partial charge in [0.1, 0.15) is 11.0 Å². The van der Waals surface area contributed by atoms with E-state index in [1.165, 1.54) is 29.3 Å². The van der Waals surface area contributed by atoms with Gasteiger partial charge in [-0.25, -0.2) is 5.32 Å². The molecule has 0 aliphatic rings. The monoisotopic (exact) mass is 421 g/mol. The molecule has 0 saturated carbocycles. The van der Waals surface area contributed by atoms with Gasteiger partial charge in [-0.2, -0.15) is 4.40 Å². The Hall–Kier alpha value is -4.25. The minimum atomic E-state index is -0.518. The van der Waals surface area contributed by atoms with Gasteiger partial charge in [-0.15, -0.1) is 0 Å². The molecular weight excluding hydrogens is 408 g/mol. The molecule has 4 heterocycles. The van der Waals surface area contributed by atoms with Crippen LogP contribution >= 0.6 is 12.2 Å². The van der Waals surface area contributed by atoms with Gasteiger partial charge in [0.15, 0.2) is 5.76 Å². The van der Waals surface area contributed by atoms with Crippen molar-refractivity contribution >= 4 is 51.9 Å². The molecule has 0 spiro atoms. The lowest BCUT2D eigenvalue weighted by atomic mass is 10.3. The number of carbonyl (C=O) groups is 2. The largest absolute Gasteiger partial charge is 0.459 e. The first-order valence-electron chi connectivity index (χ1n) is 8.77. The molecule has 10 nitrogen and oxygen atoms in total. The van der Waals surface area contributed by atoms with Gasteiger partial charge < -0.3 is 8.83 Å². The second-order valence-electron chi connectivity index (χ2n) is 6.20. The summed E-state index contributed by atoms with van der Waals surface area (Å²) in [4.78, 5) is 28.0.